The Morgan fingerprint density at radius 2 is 2.00 bits per heavy atom. The van der Waals surface area contributed by atoms with Crippen LogP contribution in [0.5, 0.6) is 0 Å². The third-order valence-electron chi connectivity index (χ3n) is 3.93. The van der Waals surface area contributed by atoms with E-state index in [1.165, 1.54) is 38.9 Å². The SMILES string of the molecule is CCC(C)(CNC)CN1CCC(OC)CC1. The summed E-state index contributed by atoms with van der Waals surface area (Å²) in [6, 6.07) is 0. The van der Waals surface area contributed by atoms with Crippen molar-refractivity contribution in [3.8, 4) is 0 Å². The van der Waals surface area contributed by atoms with Gasteiger partial charge in [-0.2, -0.15) is 0 Å². The van der Waals surface area contributed by atoms with E-state index in [1.807, 2.05) is 14.2 Å². The van der Waals surface area contributed by atoms with Gasteiger partial charge in [-0.3, -0.25) is 0 Å². The van der Waals surface area contributed by atoms with Crippen molar-refractivity contribution in [1.82, 2.24) is 10.2 Å². The maximum absolute atomic E-state index is 5.40. The number of ether oxygens (including phenoxy) is 1. The van der Waals surface area contributed by atoms with Gasteiger partial charge in [0.1, 0.15) is 0 Å². The molecule has 0 saturated carbocycles. The van der Waals surface area contributed by atoms with Crippen LogP contribution in [0.4, 0.5) is 0 Å². The summed E-state index contributed by atoms with van der Waals surface area (Å²) >= 11 is 0. The molecule has 1 atom stereocenters. The number of piperidine rings is 1. The lowest BCUT2D eigenvalue weighted by Gasteiger charge is -2.38. The van der Waals surface area contributed by atoms with Crippen LogP contribution in [0, 0.1) is 5.41 Å². The van der Waals surface area contributed by atoms with Crippen LogP contribution in [-0.2, 0) is 4.74 Å². The first kappa shape index (κ1) is 13.9. The number of hydrogen-bond donors (Lipinski definition) is 1. The minimum atomic E-state index is 0.411. The van der Waals surface area contributed by atoms with Crippen LogP contribution < -0.4 is 5.32 Å². The highest BCUT2D eigenvalue weighted by Crippen LogP contribution is 2.24. The molecule has 1 fully saturated rings. The van der Waals surface area contributed by atoms with Crippen molar-refractivity contribution in [3.63, 3.8) is 0 Å². The van der Waals surface area contributed by atoms with Crippen LogP contribution in [0.15, 0.2) is 0 Å². The summed E-state index contributed by atoms with van der Waals surface area (Å²) in [6.45, 7) is 9.37. The zero-order valence-corrected chi connectivity index (χ0v) is 11.4. The second-order valence-corrected chi connectivity index (χ2v) is 5.41. The average Bonchev–Trinajstić information content (AvgIpc) is 2.30. The van der Waals surface area contributed by atoms with E-state index in [0.717, 1.165) is 6.54 Å². The normalized spacial score (nSPS) is 23.2. The Labute approximate surface area is 101 Å². The van der Waals surface area contributed by atoms with Crippen LogP contribution in [0.2, 0.25) is 0 Å². The third kappa shape index (κ3) is 4.04. The molecule has 0 bridgehead atoms. The molecule has 1 heterocycles. The largest absolute Gasteiger partial charge is 0.381 e. The van der Waals surface area contributed by atoms with Crippen LogP contribution in [-0.4, -0.2) is 51.3 Å². The van der Waals surface area contributed by atoms with Gasteiger partial charge in [-0.05, 0) is 31.7 Å². The molecule has 1 aliphatic rings. The van der Waals surface area contributed by atoms with Crippen molar-refractivity contribution in [2.45, 2.75) is 39.2 Å². The van der Waals surface area contributed by atoms with Crippen molar-refractivity contribution in [1.29, 1.82) is 0 Å². The molecule has 0 aromatic heterocycles. The topological polar surface area (TPSA) is 24.5 Å². The molecule has 0 radical (unpaired) electrons. The Hall–Kier alpha value is -0.120. The Morgan fingerprint density at radius 3 is 2.44 bits per heavy atom. The average molecular weight is 228 g/mol. The van der Waals surface area contributed by atoms with E-state index in [9.17, 15) is 0 Å². The van der Waals surface area contributed by atoms with E-state index in [-0.39, 0.29) is 0 Å². The summed E-state index contributed by atoms with van der Waals surface area (Å²) in [5, 5.41) is 3.32. The molecule has 1 N–H and O–H groups in total. The predicted octanol–water partition coefficient (Wildman–Crippen LogP) is 1.73. The fourth-order valence-corrected chi connectivity index (χ4v) is 2.56. The Bertz CT molecular complexity index is 190. The van der Waals surface area contributed by atoms with Gasteiger partial charge in [0, 0.05) is 33.3 Å². The van der Waals surface area contributed by atoms with Crippen LogP contribution in [0.25, 0.3) is 0 Å². The number of nitrogens with one attached hydrogen (secondary N) is 1. The number of methoxy groups -OCH3 is 1. The maximum atomic E-state index is 5.40. The van der Waals surface area contributed by atoms with E-state index in [0.29, 0.717) is 11.5 Å². The van der Waals surface area contributed by atoms with E-state index in [2.05, 4.69) is 24.1 Å². The quantitative estimate of drug-likeness (QED) is 0.749. The van der Waals surface area contributed by atoms with Crippen molar-refractivity contribution < 1.29 is 4.74 Å². The predicted molar refractivity (Wildman–Crippen MR) is 68.8 cm³/mol. The van der Waals surface area contributed by atoms with Crippen molar-refractivity contribution >= 4 is 0 Å². The minimum Gasteiger partial charge on any atom is -0.381 e. The van der Waals surface area contributed by atoms with Gasteiger partial charge in [-0.1, -0.05) is 13.8 Å². The van der Waals surface area contributed by atoms with Crippen LogP contribution >= 0.6 is 0 Å². The van der Waals surface area contributed by atoms with E-state index < -0.39 is 0 Å². The second kappa shape index (κ2) is 6.58. The lowest BCUT2D eigenvalue weighted by Crippen LogP contribution is -2.45. The molecule has 0 amide bonds. The Morgan fingerprint density at radius 1 is 1.38 bits per heavy atom. The first-order chi connectivity index (χ1) is 7.63. The molecule has 1 aliphatic heterocycles. The number of hydrogen-bond acceptors (Lipinski definition) is 3. The van der Waals surface area contributed by atoms with Crippen molar-refractivity contribution in [2.75, 3.05) is 40.3 Å². The second-order valence-electron chi connectivity index (χ2n) is 5.41. The molecule has 3 nitrogen and oxygen atoms in total. The number of nitrogens with zero attached hydrogens (tertiary/aromatic N) is 1. The van der Waals surface area contributed by atoms with Gasteiger partial charge in [0.2, 0.25) is 0 Å². The molecular formula is C13H28N2O. The molecule has 1 rings (SSSR count). The fourth-order valence-electron chi connectivity index (χ4n) is 2.56. The summed E-state index contributed by atoms with van der Waals surface area (Å²) in [6.07, 6.45) is 4.11. The van der Waals surface area contributed by atoms with E-state index in [4.69, 9.17) is 4.74 Å². The highest BCUT2D eigenvalue weighted by molar-refractivity contribution is 4.82. The smallest absolute Gasteiger partial charge is 0.0595 e. The summed E-state index contributed by atoms with van der Waals surface area (Å²) in [7, 11) is 3.88. The highest BCUT2D eigenvalue weighted by atomic mass is 16.5. The zero-order valence-electron chi connectivity index (χ0n) is 11.4. The number of likely N-dealkylation sites (tertiary alicyclic amines) is 1. The van der Waals surface area contributed by atoms with Gasteiger partial charge in [-0.25, -0.2) is 0 Å². The lowest BCUT2D eigenvalue weighted by atomic mass is 9.86. The molecule has 96 valence electrons. The van der Waals surface area contributed by atoms with Gasteiger partial charge in [0.15, 0.2) is 0 Å². The molecule has 1 unspecified atom stereocenters. The zero-order chi connectivity index (χ0) is 12.0. The van der Waals surface area contributed by atoms with Crippen molar-refractivity contribution in [3.05, 3.63) is 0 Å². The maximum Gasteiger partial charge on any atom is 0.0595 e. The van der Waals surface area contributed by atoms with Gasteiger partial charge < -0.3 is 15.0 Å². The molecular weight excluding hydrogens is 200 g/mol. The summed E-state index contributed by atoms with van der Waals surface area (Å²) < 4.78 is 5.40. The summed E-state index contributed by atoms with van der Waals surface area (Å²) in [5.74, 6) is 0. The monoisotopic (exact) mass is 228 g/mol. The van der Waals surface area contributed by atoms with Gasteiger partial charge in [0.05, 0.1) is 6.10 Å². The summed E-state index contributed by atoms with van der Waals surface area (Å²) in [5.41, 5.74) is 0.411. The van der Waals surface area contributed by atoms with Crippen LogP contribution in [0.1, 0.15) is 33.1 Å². The lowest BCUT2D eigenvalue weighted by molar-refractivity contribution is 0.0277. The molecule has 1 saturated heterocycles. The third-order valence-corrected chi connectivity index (χ3v) is 3.93. The molecule has 0 aromatic carbocycles. The number of rotatable bonds is 6. The first-order valence-corrected chi connectivity index (χ1v) is 6.53. The van der Waals surface area contributed by atoms with E-state index >= 15 is 0 Å². The van der Waals surface area contributed by atoms with Crippen molar-refractivity contribution in [2.24, 2.45) is 5.41 Å². The van der Waals surface area contributed by atoms with E-state index in [1.54, 1.807) is 0 Å². The molecule has 3 heteroatoms. The summed E-state index contributed by atoms with van der Waals surface area (Å²) in [4.78, 5) is 2.59. The Kier molecular flexibility index (Phi) is 5.73. The fraction of sp³-hybridized carbons (Fsp3) is 1.00. The first-order valence-electron chi connectivity index (χ1n) is 6.53. The molecule has 16 heavy (non-hydrogen) atoms. The van der Waals surface area contributed by atoms with Gasteiger partial charge >= 0.3 is 0 Å². The molecule has 0 aromatic rings. The molecule has 0 spiro atoms. The van der Waals surface area contributed by atoms with Gasteiger partial charge in [0.25, 0.3) is 0 Å². The molecule has 0 aliphatic carbocycles. The standard InChI is InChI=1S/C13H28N2O/c1-5-13(2,10-14-3)11-15-8-6-12(16-4)7-9-15/h12,14H,5-11H2,1-4H3. The minimum absolute atomic E-state index is 0.411. The van der Waals surface area contributed by atoms with Crippen LogP contribution in [0.3, 0.4) is 0 Å². The van der Waals surface area contributed by atoms with Gasteiger partial charge in [-0.15, -0.1) is 0 Å². The highest BCUT2D eigenvalue weighted by Gasteiger charge is 2.27. The Balaban J connectivity index is 2.36.